The molecule has 1 N–H and O–H groups in total. The number of aromatic nitrogens is 3. The smallest absolute Gasteiger partial charge is 0.278 e. The predicted octanol–water partition coefficient (Wildman–Crippen LogP) is 2.12. The maximum Gasteiger partial charge on any atom is 0.278 e. The van der Waals surface area contributed by atoms with Gasteiger partial charge in [0, 0.05) is 6.04 Å². The Bertz CT molecular complexity index is 724. The molecule has 2 rings (SSSR count). The molecule has 23 heavy (non-hydrogen) atoms. The normalized spacial score (nSPS) is 12.5. The largest absolute Gasteiger partial charge is 0.352 e. The SMILES string of the molecule is CC(C)CCCC(C)NC(=O)Cn1nnc2ccccc2c1=O. The van der Waals surface area contributed by atoms with E-state index < -0.39 is 0 Å². The van der Waals surface area contributed by atoms with Crippen LogP contribution in [0.5, 0.6) is 0 Å². The van der Waals surface area contributed by atoms with E-state index in [-0.39, 0.29) is 24.1 Å². The van der Waals surface area contributed by atoms with Crippen LogP contribution in [-0.4, -0.2) is 26.9 Å². The second-order valence-corrected chi connectivity index (χ2v) is 6.36. The van der Waals surface area contributed by atoms with Crippen molar-refractivity contribution in [3.8, 4) is 0 Å². The summed E-state index contributed by atoms with van der Waals surface area (Å²) >= 11 is 0. The minimum atomic E-state index is -0.293. The maximum atomic E-state index is 12.3. The number of hydrogen-bond acceptors (Lipinski definition) is 4. The molecule has 0 saturated heterocycles. The molecule has 0 spiro atoms. The van der Waals surface area contributed by atoms with E-state index in [1.54, 1.807) is 24.3 Å². The number of carbonyl (C=O) groups excluding carboxylic acids is 1. The van der Waals surface area contributed by atoms with Crippen molar-refractivity contribution in [2.45, 2.75) is 52.6 Å². The van der Waals surface area contributed by atoms with Gasteiger partial charge in [-0.2, -0.15) is 0 Å². The lowest BCUT2D eigenvalue weighted by Gasteiger charge is -2.14. The van der Waals surface area contributed by atoms with Gasteiger partial charge in [-0.05, 0) is 31.4 Å². The van der Waals surface area contributed by atoms with E-state index in [9.17, 15) is 9.59 Å². The van der Waals surface area contributed by atoms with Gasteiger partial charge in [0.15, 0.2) is 0 Å². The third-order valence-corrected chi connectivity index (χ3v) is 3.75. The van der Waals surface area contributed by atoms with Gasteiger partial charge in [0.25, 0.3) is 5.56 Å². The van der Waals surface area contributed by atoms with E-state index in [2.05, 4.69) is 29.5 Å². The molecule has 0 saturated carbocycles. The molecule has 0 aliphatic carbocycles. The zero-order valence-corrected chi connectivity index (χ0v) is 14.0. The number of fused-ring (bicyclic) bond motifs is 1. The van der Waals surface area contributed by atoms with E-state index in [1.165, 1.54) is 0 Å². The Hall–Kier alpha value is -2.24. The van der Waals surface area contributed by atoms with Gasteiger partial charge in [-0.3, -0.25) is 9.59 Å². The fraction of sp³-hybridized carbons (Fsp3) is 0.529. The number of rotatable bonds is 7. The van der Waals surface area contributed by atoms with Gasteiger partial charge < -0.3 is 5.32 Å². The zero-order valence-electron chi connectivity index (χ0n) is 14.0. The number of nitrogens with one attached hydrogen (secondary N) is 1. The summed E-state index contributed by atoms with van der Waals surface area (Å²) in [5.41, 5.74) is 0.245. The average molecular weight is 316 g/mol. The van der Waals surface area contributed by atoms with Gasteiger partial charge in [0.2, 0.25) is 5.91 Å². The van der Waals surface area contributed by atoms with Gasteiger partial charge in [-0.15, -0.1) is 5.10 Å². The van der Waals surface area contributed by atoms with Crippen LogP contribution in [0.25, 0.3) is 10.9 Å². The molecule has 1 amide bonds. The van der Waals surface area contributed by atoms with Crippen molar-refractivity contribution in [3.05, 3.63) is 34.6 Å². The van der Waals surface area contributed by atoms with E-state index in [1.807, 2.05) is 6.92 Å². The highest BCUT2D eigenvalue weighted by molar-refractivity contribution is 5.78. The van der Waals surface area contributed by atoms with Crippen LogP contribution in [0.4, 0.5) is 0 Å². The monoisotopic (exact) mass is 316 g/mol. The standard InChI is InChI=1S/C17H24N4O2/c1-12(2)7-6-8-13(3)18-16(22)11-21-17(23)14-9-4-5-10-15(14)19-20-21/h4-5,9-10,12-13H,6-8,11H2,1-3H3,(H,18,22). The van der Waals surface area contributed by atoms with Crippen molar-refractivity contribution in [1.82, 2.24) is 20.3 Å². The first kappa shape index (κ1) is 17.1. The molecule has 1 unspecified atom stereocenters. The van der Waals surface area contributed by atoms with Crippen LogP contribution in [-0.2, 0) is 11.3 Å². The summed E-state index contributed by atoms with van der Waals surface area (Å²) < 4.78 is 1.11. The Kier molecular flexibility index (Phi) is 5.84. The highest BCUT2D eigenvalue weighted by Gasteiger charge is 2.11. The number of carbonyl (C=O) groups is 1. The number of nitrogens with zero attached hydrogens (tertiary/aromatic N) is 3. The minimum absolute atomic E-state index is 0.0883. The summed E-state index contributed by atoms with van der Waals surface area (Å²) in [7, 11) is 0. The highest BCUT2D eigenvalue weighted by Crippen LogP contribution is 2.08. The van der Waals surface area contributed by atoms with Crippen molar-refractivity contribution >= 4 is 16.8 Å². The molecule has 0 bridgehead atoms. The summed E-state index contributed by atoms with van der Waals surface area (Å²) in [4.78, 5) is 24.3. The van der Waals surface area contributed by atoms with Gasteiger partial charge in [-0.1, -0.05) is 44.0 Å². The van der Waals surface area contributed by atoms with Gasteiger partial charge in [-0.25, -0.2) is 4.68 Å². The van der Waals surface area contributed by atoms with Crippen molar-refractivity contribution < 1.29 is 4.79 Å². The Morgan fingerprint density at radius 2 is 1.96 bits per heavy atom. The van der Waals surface area contributed by atoms with Crippen LogP contribution in [0.2, 0.25) is 0 Å². The second kappa shape index (κ2) is 7.85. The Balaban J connectivity index is 1.95. The third-order valence-electron chi connectivity index (χ3n) is 3.75. The van der Waals surface area contributed by atoms with Crippen molar-refractivity contribution in [3.63, 3.8) is 0 Å². The topological polar surface area (TPSA) is 76.9 Å². The highest BCUT2D eigenvalue weighted by atomic mass is 16.2. The zero-order chi connectivity index (χ0) is 16.8. The van der Waals surface area contributed by atoms with Crippen LogP contribution in [0.3, 0.4) is 0 Å². The molecule has 1 atom stereocenters. The van der Waals surface area contributed by atoms with Gasteiger partial charge in [0.1, 0.15) is 12.1 Å². The Morgan fingerprint density at radius 3 is 2.70 bits per heavy atom. The first-order valence-corrected chi connectivity index (χ1v) is 8.09. The minimum Gasteiger partial charge on any atom is -0.352 e. The predicted molar refractivity (Wildman–Crippen MR) is 90.1 cm³/mol. The molecular formula is C17H24N4O2. The molecule has 2 aromatic rings. The summed E-state index contributed by atoms with van der Waals surface area (Å²) in [6.07, 6.45) is 3.16. The first-order chi connectivity index (χ1) is 11.0. The van der Waals surface area contributed by atoms with Crippen molar-refractivity contribution in [2.75, 3.05) is 0 Å². The molecule has 124 valence electrons. The summed E-state index contributed by atoms with van der Waals surface area (Å²) in [6.45, 7) is 6.25. The molecule has 0 aliphatic heterocycles. The van der Waals surface area contributed by atoms with Crippen molar-refractivity contribution in [2.24, 2.45) is 5.92 Å². The maximum absolute atomic E-state index is 12.3. The molecule has 0 aliphatic rings. The van der Waals surface area contributed by atoms with E-state index in [0.717, 1.165) is 23.9 Å². The molecule has 6 nitrogen and oxygen atoms in total. The second-order valence-electron chi connectivity index (χ2n) is 6.36. The quantitative estimate of drug-likeness (QED) is 0.849. The van der Waals surface area contributed by atoms with Crippen LogP contribution in [0, 0.1) is 5.92 Å². The van der Waals surface area contributed by atoms with Crippen molar-refractivity contribution in [1.29, 1.82) is 0 Å². The molecule has 0 radical (unpaired) electrons. The lowest BCUT2D eigenvalue weighted by atomic mass is 10.0. The van der Waals surface area contributed by atoms with E-state index >= 15 is 0 Å². The molecule has 0 fully saturated rings. The lowest BCUT2D eigenvalue weighted by molar-refractivity contribution is -0.122. The Morgan fingerprint density at radius 1 is 1.22 bits per heavy atom. The Labute approximate surface area is 135 Å². The average Bonchev–Trinajstić information content (AvgIpc) is 2.50. The molecule has 1 aromatic carbocycles. The number of hydrogen-bond donors (Lipinski definition) is 1. The molecule has 1 heterocycles. The molecular weight excluding hydrogens is 292 g/mol. The van der Waals surface area contributed by atoms with E-state index in [0.29, 0.717) is 16.8 Å². The third kappa shape index (κ3) is 4.87. The van der Waals surface area contributed by atoms with E-state index in [4.69, 9.17) is 0 Å². The first-order valence-electron chi connectivity index (χ1n) is 8.09. The summed E-state index contributed by atoms with van der Waals surface area (Å²) in [5.74, 6) is 0.457. The summed E-state index contributed by atoms with van der Waals surface area (Å²) in [6, 6.07) is 7.07. The lowest BCUT2D eigenvalue weighted by Crippen LogP contribution is -2.38. The number of amides is 1. The van der Waals surface area contributed by atoms with Crippen LogP contribution in [0.1, 0.15) is 40.0 Å². The molecule has 6 heteroatoms. The fourth-order valence-electron chi connectivity index (χ4n) is 2.49. The molecule has 1 aromatic heterocycles. The fourth-order valence-corrected chi connectivity index (χ4v) is 2.49. The van der Waals surface area contributed by atoms with Crippen LogP contribution in [0.15, 0.2) is 29.1 Å². The number of benzene rings is 1. The summed E-state index contributed by atoms with van der Waals surface area (Å²) in [5, 5.41) is 11.2. The van der Waals surface area contributed by atoms with Crippen LogP contribution >= 0.6 is 0 Å². The van der Waals surface area contributed by atoms with Crippen LogP contribution < -0.4 is 10.9 Å². The van der Waals surface area contributed by atoms with Gasteiger partial charge >= 0.3 is 0 Å². The van der Waals surface area contributed by atoms with Gasteiger partial charge in [0.05, 0.1) is 5.39 Å².